The molecule has 1 fully saturated rings. The van der Waals surface area contributed by atoms with Gasteiger partial charge in [-0.15, -0.1) is 11.3 Å². The van der Waals surface area contributed by atoms with E-state index in [9.17, 15) is 4.79 Å². The Kier molecular flexibility index (Phi) is 3.93. The fraction of sp³-hybridized carbons (Fsp3) is 0.381. The third-order valence-corrected chi connectivity index (χ3v) is 6.80. The number of fused-ring (bicyclic) bond motifs is 2. The van der Waals surface area contributed by atoms with Crippen molar-refractivity contribution in [1.29, 1.82) is 0 Å². The van der Waals surface area contributed by atoms with Crippen LogP contribution in [0.2, 0.25) is 0 Å². The minimum atomic E-state index is 0.271. The summed E-state index contributed by atoms with van der Waals surface area (Å²) in [4.78, 5) is 13.6. The van der Waals surface area contributed by atoms with Crippen molar-refractivity contribution in [3.8, 4) is 0 Å². The summed E-state index contributed by atoms with van der Waals surface area (Å²) in [5.41, 5.74) is 6.55. The average Bonchev–Trinajstić information content (AvgIpc) is 3.04. The highest BCUT2D eigenvalue weighted by atomic mass is 32.1. The number of Topliss-reactive ketones (excluding diaryl/α,β-unsaturated/α-hetero) is 1. The van der Waals surface area contributed by atoms with E-state index in [1.165, 1.54) is 41.9 Å². The monoisotopic (exact) mass is 338 g/mol. The highest BCUT2D eigenvalue weighted by Crippen LogP contribution is 2.40. The third kappa shape index (κ3) is 2.56. The summed E-state index contributed by atoms with van der Waals surface area (Å²) in [5, 5.41) is 2.08. The summed E-state index contributed by atoms with van der Waals surface area (Å²) in [5.74, 6) is 0.271. The first-order valence-corrected chi connectivity index (χ1v) is 9.74. The van der Waals surface area contributed by atoms with Crippen LogP contribution in [0.4, 0.5) is 0 Å². The molecule has 1 saturated heterocycles. The van der Waals surface area contributed by atoms with Gasteiger partial charge in [0, 0.05) is 24.8 Å². The molecule has 1 aromatic heterocycles. The third-order valence-electron chi connectivity index (χ3n) is 5.85. The van der Waals surface area contributed by atoms with Crippen molar-refractivity contribution in [2.75, 3.05) is 26.7 Å². The summed E-state index contributed by atoms with van der Waals surface area (Å²) >= 11 is 1.60. The van der Waals surface area contributed by atoms with E-state index in [4.69, 9.17) is 0 Å². The van der Waals surface area contributed by atoms with Gasteiger partial charge in [-0.05, 0) is 35.1 Å². The lowest BCUT2D eigenvalue weighted by Gasteiger charge is -2.38. The van der Waals surface area contributed by atoms with Crippen LogP contribution in [-0.2, 0) is 6.42 Å². The van der Waals surface area contributed by atoms with Crippen molar-refractivity contribution in [2.24, 2.45) is 0 Å². The molecule has 1 aliphatic heterocycles. The maximum Gasteiger partial charge on any atom is 0.177 e. The van der Waals surface area contributed by atoms with Gasteiger partial charge in [-0.3, -0.25) is 4.79 Å². The number of nitrogens with zero attached hydrogens (tertiary/aromatic N) is 1. The second-order valence-electron chi connectivity index (χ2n) is 7.28. The SMILES string of the molecule is CC[N+]1(C)CCC(=C2c3ccccc3CC(=O)c3sccc32)CC1. The van der Waals surface area contributed by atoms with Gasteiger partial charge < -0.3 is 4.48 Å². The Morgan fingerprint density at radius 3 is 2.58 bits per heavy atom. The van der Waals surface area contributed by atoms with Crippen LogP contribution in [0.3, 0.4) is 0 Å². The van der Waals surface area contributed by atoms with Crippen LogP contribution < -0.4 is 0 Å². The Balaban J connectivity index is 1.88. The molecule has 0 amide bonds. The van der Waals surface area contributed by atoms with Crippen LogP contribution in [0, 0.1) is 0 Å². The number of carbonyl (C=O) groups is 1. The van der Waals surface area contributed by atoms with E-state index in [0.29, 0.717) is 6.42 Å². The van der Waals surface area contributed by atoms with E-state index in [0.717, 1.165) is 22.2 Å². The zero-order valence-electron chi connectivity index (χ0n) is 14.5. The van der Waals surface area contributed by atoms with Crippen molar-refractivity contribution in [3.05, 3.63) is 62.9 Å². The van der Waals surface area contributed by atoms with Gasteiger partial charge >= 0.3 is 0 Å². The van der Waals surface area contributed by atoms with Gasteiger partial charge in [0.1, 0.15) is 0 Å². The van der Waals surface area contributed by atoms with Gasteiger partial charge in [0.05, 0.1) is 31.6 Å². The number of benzene rings is 1. The normalized spacial score (nSPS) is 23.7. The minimum Gasteiger partial charge on any atom is -0.326 e. The van der Waals surface area contributed by atoms with Crippen LogP contribution in [-0.4, -0.2) is 36.9 Å². The quantitative estimate of drug-likeness (QED) is 0.697. The number of rotatable bonds is 1. The maximum absolute atomic E-state index is 12.7. The molecule has 3 heteroatoms. The molecule has 124 valence electrons. The summed E-state index contributed by atoms with van der Waals surface area (Å²) in [6, 6.07) is 10.7. The van der Waals surface area contributed by atoms with Gasteiger partial charge in [0.2, 0.25) is 0 Å². The minimum absolute atomic E-state index is 0.271. The molecule has 0 spiro atoms. The van der Waals surface area contributed by atoms with Crippen LogP contribution >= 0.6 is 11.3 Å². The largest absolute Gasteiger partial charge is 0.326 e. The van der Waals surface area contributed by atoms with Gasteiger partial charge in [-0.1, -0.05) is 29.8 Å². The lowest BCUT2D eigenvalue weighted by Crippen LogP contribution is -2.48. The Bertz CT molecular complexity index is 820. The predicted molar refractivity (Wildman–Crippen MR) is 101 cm³/mol. The van der Waals surface area contributed by atoms with Crippen LogP contribution in [0.5, 0.6) is 0 Å². The smallest absolute Gasteiger partial charge is 0.177 e. The molecule has 0 radical (unpaired) electrons. The summed E-state index contributed by atoms with van der Waals surface area (Å²) < 4.78 is 1.16. The maximum atomic E-state index is 12.7. The van der Waals surface area contributed by atoms with E-state index in [1.807, 2.05) is 0 Å². The van der Waals surface area contributed by atoms with Crippen molar-refractivity contribution in [3.63, 3.8) is 0 Å². The highest BCUT2D eigenvalue weighted by Gasteiger charge is 2.31. The lowest BCUT2D eigenvalue weighted by molar-refractivity contribution is -0.910. The standard InChI is InChI=1S/C21H24NOS/c1-3-22(2)11-8-15(9-12-22)20-17-7-5-4-6-16(17)14-19(23)21-18(20)10-13-24-21/h4-7,10,13H,3,8-9,11-12,14H2,1-2H3/q+1. The molecule has 0 bridgehead atoms. The Labute approximate surface area is 148 Å². The Hall–Kier alpha value is -1.71. The first-order valence-electron chi connectivity index (χ1n) is 8.86. The van der Waals surface area contributed by atoms with E-state index < -0.39 is 0 Å². The number of hydrogen-bond donors (Lipinski definition) is 0. The first kappa shape index (κ1) is 15.8. The molecular formula is C21H24NOS+. The number of ketones is 1. The molecule has 0 N–H and O–H groups in total. The number of hydrogen-bond acceptors (Lipinski definition) is 2. The van der Waals surface area contributed by atoms with Crippen molar-refractivity contribution in [1.82, 2.24) is 0 Å². The topological polar surface area (TPSA) is 17.1 Å². The molecule has 1 aliphatic carbocycles. The van der Waals surface area contributed by atoms with E-state index >= 15 is 0 Å². The zero-order chi connectivity index (χ0) is 16.7. The molecule has 2 aliphatic rings. The van der Waals surface area contributed by atoms with Crippen molar-refractivity contribution < 1.29 is 9.28 Å². The number of likely N-dealkylation sites (tertiary alicyclic amines) is 1. The lowest BCUT2D eigenvalue weighted by atomic mass is 9.87. The predicted octanol–water partition coefficient (Wildman–Crippen LogP) is 4.55. The van der Waals surface area contributed by atoms with E-state index in [1.54, 1.807) is 16.9 Å². The molecule has 2 nitrogen and oxygen atoms in total. The second kappa shape index (κ2) is 5.98. The highest BCUT2D eigenvalue weighted by molar-refractivity contribution is 7.12. The Morgan fingerprint density at radius 2 is 1.83 bits per heavy atom. The van der Waals surface area contributed by atoms with Gasteiger partial charge in [0.25, 0.3) is 0 Å². The van der Waals surface area contributed by atoms with Gasteiger partial charge in [0.15, 0.2) is 5.78 Å². The first-order chi connectivity index (χ1) is 11.6. The van der Waals surface area contributed by atoms with Gasteiger partial charge in [-0.25, -0.2) is 0 Å². The average molecular weight is 338 g/mol. The fourth-order valence-corrected chi connectivity index (χ4v) is 4.87. The van der Waals surface area contributed by atoms with Crippen molar-refractivity contribution >= 4 is 22.7 Å². The van der Waals surface area contributed by atoms with Crippen molar-refractivity contribution in [2.45, 2.75) is 26.2 Å². The number of quaternary nitrogens is 1. The number of piperidine rings is 1. The van der Waals surface area contributed by atoms with E-state index in [2.05, 4.69) is 49.7 Å². The van der Waals surface area contributed by atoms with Crippen LogP contribution in [0.1, 0.15) is 46.1 Å². The number of thiophene rings is 1. The van der Waals surface area contributed by atoms with Gasteiger partial charge in [-0.2, -0.15) is 0 Å². The van der Waals surface area contributed by atoms with Crippen LogP contribution in [0.25, 0.3) is 5.57 Å². The zero-order valence-corrected chi connectivity index (χ0v) is 15.3. The Morgan fingerprint density at radius 1 is 1.08 bits per heavy atom. The number of carbonyl (C=O) groups excluding carboxylic acids is 1. The molecule has 4 rings (SSSR count). The summed E-state index contributed by atoms with van der Waals surface area (Å²) in [7, 11) is 2.36. The summed E-state index contributed by atoms with van der Waals surface area (Å²) in [6.45, 7) is 5.88. The fourth-order valence-electron chi connectivity index (χ4n) is 4.03. The van der Waals surface area contributed by atoms with Crippen LogP contribution in [0.15, 0.2) is 41.3 Å². The molecule has 1 aromatic carbocycles. The molecule has 24 heavy (non-hydrogen) atoms. The second-order valence-corrected chi connectivity index (χ2v) is 8.20. The molecule has 2 heterocycles. The van der Waals surface area contributed by atoms with E-state index in [-0.39, 0.29) is 5.78 Å². The molecular weight excluding hydrogens is 314 g/mol. The molecule has 0 saturated carbocycles. The molecule has 0 atom stereocenters. The summed E-state index contributed by atoms with van der Waals surface area (Å²) in [6.07, 6.45) is 2.80. The molecule has 0 unspecified atom stereocenters. The molecule has 2 aromatic rings.